The summed E-state index contributed by atoms with van der Waals surface area (Å²) in [6, 6.07) is 9.70. The summed E-state index contributed by atoms with van der Waals surface area (Å²) in [6.07, 6.45) is 1.09. The van der Waals surface area contributed by atoms with E-state index in [-0.39, 0.29) is 0 Å². The molecule has 0 radical (unpaired) electrons. The van der Waals surface area contributed by atoms with Gasteiger partial charge in [0.15, 0.2) is 0 Å². The van der Waals surface area contributed by atoms with Crippen LogP contribution in [0.5, 0.6) is 0 Å². The molecule has 0 saturated carbocycles. The van der Waals surface area contributed by atoms with Crippen LogP contribution in [0.25, 0.3) is 0 Å². The van der Waals surface area contributed by atoms with Crippen molar-refractivity contribution in [2.24, 2.45) is 0 Å². The molecule has 1 rings (SSSR count). The molecule has 0 nitrogen and oxygen atoms in total. The molecule has 78 valence electrons. The normalized spacial score (nSPS) is 13.2. The number of hydrogen-bond donors (Lipinski definition) is 0. The van der Waals surface area contributed by atoms with Crippen LogP contribution in [0, 0.1) is 0 Å². The van der Waals surface area contributed by atoms with Crippen LogP contribution in [0.1, 0.15) is 30.9 Å². The molecule has 1 aromatic carbocycles. The predicted molar refractivity (Wildman–Crippen MR) is 67.9 cm³/mol. The van der Waals surface area contributed by atoms with E-state index in [9.17, 15) is 0 Å². The van der Waals surface area contributed by atoms with Crippen LogP contribution in [0.2, 0.25) is 6.04 Å². The molecule has 0 aliphatic heterocycles. The molecule has 1 unspecified atom stereocenters. The first-order valence-corrected chi connectivity index (χ1v) is 9.31. The highest BCUT2D eigenvalue weighted by atomic mass is 35.7. The summed E-state index contributed by atoms with van der Waals surface area (Å²) in [4.78, 5) is 0. The molecule has 0 aliphatic rings. The first-order valence-electron chi connectivity index (χ1n) is 5.00. The second kappa shape index (κ2) is 5.79. The average molecular weight is 247 g/mol. The van der Waals surface area contributed by atoms with Gasteiger partial charge in [0.2, 0.25) is 7.42 Å². The molecule has 0 bridgehead atoms. The van der Waals surface area contributed by atoms with Crippen molar-refractivity contribution >= 4 is 29.6 Å². The molecule has 0 aromatic heterocycles. The molecule has 0 amide bonds. The van der Waals surface area contributed by atoms with Crippen LogP contribution in [0.4, 0.5) is 0 Å². The zero-order valence-corrected chi connectivity index (χ0v) is 11.3. The van der Waals surface area contributed by atoms with E-state index in [2.05, 4.69) is 38.1 Å². The van der Waals surface area contributed by atoms with Crippen molar-refractivity contribution in [3.63, 3.8) is 0 Å². The first-order chi connectivity index (χ1) is 6.63. The van der Waals surface area contributed by atoms with Crippen LogP contribution >= 0.6 is 22.2 Å². The molecule has 0 N–H and O–H groups in total. The lowest BCUT2D eigenvalue weighted by atomic mass is 10.0. The minimum atomic E-state index is -1.47. The Morgan fingerprint density at radius 1 is 1.21 bits per heavy atom. The largest absolute Gasteiger partial charge is 0.237 e. The zero-order valence-electron chi connectivity index (χ0n) is 8.63. The van der Waals surface area contributed by atoms with Crippen molar-refractivity contribution in [3.8, 4) is 0 Å². The molecule has 0 aliphatic carbocycles. The van der Waals surface area contributed by atoms with Crippen molar-refractivity contribution in [2.45, 2.75) is 32.2 Å². The second-order valence-corrected chi connectivity index (χ2v) is 8.71. The van der Waals surface area contributed by atoms with Gasteiger partial charge in [-0.3, -0.25) is 0 Å². The minimum absolute atomic E-state index is 0.493. The Morgan fingerprint density at radius 2 is 1.79 bits per heavy atom. The lowest BCUT2D eigenvalue weighted by Gasteiger charge is -2.11. The van der Waals surface area contributed by atoms with Gasteiger partial charge in [0.1, 0.15) is 0 Å². The zero-order chi connectivity index (χ0) is 10.6. The van der Waals surface area contributed by atoms with Crippen molar-refractivity contribution in [1.29, 1.82) is 0 Å². The van der Waals surface area contributed by atoms with Gasteiger partial charge in [0.05, 0.1) is 0 Å². The third-order valence-corrected chi connectivity index (χ3v) is 4.62. The number of benzene rings is 1. The van der Waals surface area contributed by atoms with Gasteiger partial charge >= 0.3 is 0 Å². The summed E-state index contributed by atoms with van der Waals surface area (Å²) in [6.45, 7) is 4.35. The number of hydrogen-bond acceptors (Lipinski definition) is 0. The van der Waals surface area contributed by atoms with E-state index in [4.69, 9.17) is 22.2 Å². The molecule has 0 spiro atoms. The highest BCUT2D eigenvalue weighted by Gasteiger charge is 2.11. The maximum atomic E-state index is 5.89. The van der Waals surface area contributed by atoms with Gasteiger partial charge in [-0.1, -0.05) is 38.1 Å². The van der Waals surface area contributed by atoms with Gasteiger partial charge in [0, 0.05) is 0 Å². The lowest BCUT2D eigenvalue weighted by molar-refractivity contribution is 0.859. The van der Waals surface area contributed by atoms with Gasteiger partial charge < -0.3 is 0 Å². The van der Waals surface area contributed by atoms with E-state index >= 15 is 0 Å². The van der Waals surface area contributed by atoms with E-state index in [0.29, 0.717) is 5.92 Å². The van der Waals surface area contributed by atoms with Crippen LogP contribution in [0.15, 0.2) is 24.3 Å². The molecule has 1 aromatic rings. The Kier molecular flexibility index (Phi) is 5.00. The van der Waals surface area contributed by atoms with Gasteiger partial charge in [-0.25, -0.2) is 0 Å². The molecule has 14 heavy (non-hydrogen) atoms. The summed E-state index contributed by atoms with van der Waals surface area (Å²) in [5, 5.41) is 0. The molecule has 3 heteroatoms. The number of rotatable bonds is 4. The fourth-order valence-electron chi connectivity index (χ4n) is 1.49. The lowest BCUT2D eigenvalue weighted by Crippen LogP contribution is -2.01. The maximum absolute atomic E-state index is 5.89. The average Bonchev–Trinajstić information content (AvgIpc) is 2.17. The van der Waals surface area contributed by atoms with Crippen molar-refractivity contribution in [2.75, 3.05) is 0 Å². The summed E-state index contributed by atoms with van der Waals surface area (Å²) in [5.74, 6) is 0.493. The van der Waals surface area contributed by atoms with Gasteiger partial charge in [-0.15, -0.1) is 0 Å². The molecule has 0 fully saturated rings. The van der Waals surface area contributed by atoms with Crippen LogP contribution in [-0.4, -0.2) is 7.42 Å². The first kappa shape index (κ1) is 12.1. The van der Waals surface area contributed by atoms with Gasteiger partial charge in [-0.05, 0) is 29.5 Å². The highest BCUT2D eigenvalue weighted by Crippen LogP contribution is 2.24. The Hall–Kier alpha value is 0.0169. The Bertz CT molecular complexity index is 269. The maximum Gasteiger partial charge on any atom is 0.237 e. The topological polar surface area (TPSA) is 0 Å². The second-order valence-electron chi connectivity index (χ2n) is 3.62. The number of aryl methyl sites for hydroxylation is 1. The highest BCUT2D eigenvalue weighted by molar-refractivity contribution is 7.33. The summed E-state index contributed by atoms with van der Waals surface area (Å²) < 4.78 is 0. The SMILES string of the molecule is CCc1ccc(C(C)C[SiH](Cl)Cl)cc1. The van der Waals surface area contributed by atoms with E-state index in [1.807, 2.05) is 0 Å². The quantitative estimate of drug-likeness (QED) is 0.556. The van der Waals surface area contributed by atoms with Gasteiger partial charge in [-0.2, -0.15) is 22.2 Å². The van der Waals surface area contributed by atoms with E-state index in [1.54, 1.807) is 0 Å². The standard InChI is InChI=1S/C11H16Cl2Si/c1-3-10-4-6-11(7-5-10)9(2)8-14(12)13/h4-7,9,14H,3,8H2,1-2H3. The third kappa shape index (κ3) is 3.64. The Balaban J connectivity index is 2.66. The fourth-order valence-corrected chi connectivity index (χ4v) is 3.90. The summed E-state index contributed by atoms with van der Waals surface area (Å²) >= 11 is 11.8. The van der Waals surface area contributed by atoms with Crippen molar-refractivity contribution in [1.82, 2.24) is 0 Å². The van der Waals surface area contributed by atoms with Crippen LogP contribution in [-0.2, 0) is 6.42 Å². The monoisotopic (exact) mass is 246 g/mol. The van der Waals surface area contributed by atoms with E-state index in [1.165, 1.54) is 11.1 Å². The smallest absolute Gasteiger partial charge is 0.150 e. The minimum Gasteiger partial charge on any atom is -0.150 e. The summed E-state index contributed by atoms with van der Waals surface area (Å²) in [7, 11) is -1.47. The van der Waals surface area contributed by atoms with Crippen molar-refractivity contribution in [3.05, 3.63) is 35.4 Å². The van der Waals surface area contributed by atoms with E-state index < -0.39 is 7.42 Å². The Labute approximate surface area is 97.3 Å². The molecule has 0 saturated heterocycles. The summed E-state index contributed by atoms with van der Waals surface area (Å²) in [5.41, 5.74) is 2.73. The van der Waals surface area contributed by atoms with Gasteiger partial charge in [0.25, 0.3) is 0 Å². The molecule has 1 atom stereocenters. The Morgan fingerprint density at radius 3 is 2.21 bits per heavy atom. The molecular weight excluding hydrogens is 231 g/mol. The van der Waals surface area contributed by atoms with Crippen LogP contribution in [0.3, 0.4) is 0 Å². The molecular formula is C11H16Cl2Si. The van der Waals surface area contributed by atoms with Crippen LogP contribution < -0.4 is 0 Å². The van der Waals surface area contributed by atoms with Crippen molar-refractivity contribution < 1.29 is 0 Å². The fraction of sp³-hybridized carbons (Fsp3) is 0.455. The number of halogens is 2. The van der Waals surface area contributed by atoms with E-state index in [0.717, 1.165) is 12.5 Å². The third-order valence-electron chi connectivity index (χ3n) is 2.49. The molecule has 0 heterocycles. The predicted octanol–water partition coefficient (Wildman–Crippen LogP) is 4.05.